The summed E-state index contributed by atoms with van der Waals surface area (Å²) in [4.78, 5) is 38.8. The molecule has 2 aromatic carbocycles. The highest BCUT2D eigenvalue weighted by atomic mass is 16.6. The Kier molecular flexibility index (Phi) is 7.51. The van der Waals surface area contributed by atoms with E-state index in [9.17, 15) is 19.7 Å². The lowest BCUT2D eigenvalue weighted by Crippen LogP contribution is -2.37. The molecule has 0 N–H and O–H groups in total. The number of hydrogen-bond donors (Lipinski definition) is 0. The molecule has 204 valence electrons. The lowest BCUT2D eigenvalue weighted by Gasteiger charge is -2.30. The highest BCUT2D eigenvalue weighted by Crippen LogP contribution is 2.32. The zero-order valence-electron chi connectivity index (χ0n) is 21.8. The molecule has 0 saturated carbocycles. The first kappa shape index (κ1) is 26.2. The number of aromatic nitrogens is 1. The smallest absolute Gasteiger partial charge is 0.340 e. The van der Waals surface area contributed by atoms with E-state index < -0.39 is 17.5 Å². The second kappa shape index (κ2) is 11.2. The predicted molar refractivity (Wildman–Crippen MR) is 141 cm³/mol. The van der Waals surface area contributed by atoms with E-state index >= 15 is 0 Å². The third-order valence-electron chi connectivity index (χ3n) is 6.92. The molecule has 0 bridgehead atoms. The minimum atomic E-state index is -0.797. The number of Topliss-reactive ketones (excluding diaryl/α,β-unsaturated/α-hetero) is 1. The lowest BCUT2D eigenvalue weighted by atomic mass is 10.1. The largest absolute Gasteiger partial charge is 0.486 e. The van der Waals surface area contributed by atoms with E-state index in [2.05, 4.69) is 0 Å². The second-order valence-corrected chi connectivity index (χ2v) is 9.45. The van der Waals surface area contributed by atoms with Crippen LogP contribution in [0, 0.1) is 24.0 Å². The third kappa shape index (κ3) is 5.58. The first-order chi connectivity index (χ1) is 18.8. The summed E-state index contributed by atoms with van der Waals surface area (Å²) in [5, 5.41) is 11.3. The molecule has 1 saturated heterocycles. The van der Waals surface area contributed by atoms with Crippen molar-refractivity contribution in [3.05, 3.63) is 81.2 Å². The Bertz CT molecular complexity index is 1410. The van der Waals surface area contributed by atoms with E-state index in [0.29, 0.717) is 62.2 Å². The van der Waals surface area contributed by atoms with Gasteiger partial charge < -0.3 is 28.4 Å². The van der Waals surface area contributed by atoms with Crippen LogP contribution >= 0.6 is 0 Å². The number of morpholine rings is 1. The van der Waals surface area contributed by atoms with Crippen molar-refractivity contribution in [2.24, 2.45) is 0 Å². The average molecular weight is 536 g/mol. The van der Waals surface area contributed by atoms with Crippen molar-refractivity contribution < 1.29 is 33.5 Å². The van der Waals surface area contributed by atoms with Gasteiger partial charge in [0.25, 0.3) is 5.69 Å². The van der Waals surface area contributed by atoms with Gasteiger partial charge in [0, 0.05) is 42.2 Å². The number of nitro benzene ring substituents is 1. The van der Waals surface area contributed by atoms with Crippen LogP contribution < -0.4 is 14.4 Å². The van der Waals surface area contributed by atoms with Crippen LogP contribution in [0.3, 0.4) is 0 Å². The molecule has 2 aliphatic rings. The van der Waals surface area contributed by atoms with Gasteiger partial charge in [-0.3, -0.25) is 14.9 Å². The number of carbonyl (C=O) groups is 2. The van der Waals surface area contributed by atoms with Crippen LogP contribution in [0.5, 0.6) is 11.5 Å². The van der Waals surface area contributed by atoms with Crippen LogP contribution in [0.2, 0.25) is 0 Å². The molecule has 11 nitrogen and oxygen atoms in total. The fraction of sp³-hybridized carbons (Fsp3) is 0.357. The summed E-state index contributed by atoms with van der Waals surface area (Å²) >= 11 is 0. The highest BCUT2D eigenvalue weighted by molar-refractivity contribution is 6.02. The maximum atomic E-state index is 13.1. The lowest BCUT2D eigenvalue weighted by molar-refractivity contribution is -0.384. The summed E-state index contributed by atoms with van der Waals surface area (Å²) in [7, 11) is 0. The molecule has 0 spiro atoms. The molecular weight excluding hydrogens is 506 g/mol. The van der Waals surface area contributed by atoms with Gasteiger partial charge in [-0.2, -0.15) is 0 Å². The van der Waals surface area contributed by atoms with Gasteiger partial charge in [0.1, 0.15) is 6.61 Å². The molecule has 39 heavy (non-hydrogen) atoms. The molecule has 0 radical (unpaired) electrons. The van der Waals surface area contributed by atoms with Gasteiger partial charge in [0.15, 0.2) is 24.2 Å². The summed E-state index contributed by atoms with van der Waals surface area (Å²) in [6.45, 7) is 6.11. The standard InChI is InChI=1S/C28H29N3O8/c1-18-13-22(19(2)30(18)15-21-16-37-26-5-3-4-6-27(26)39-21)25(32)17-38-28(33)23-14-20(31(34)35)7-8-24(23)29-9-11-36-12-10-29/h3-8,13-14,21H,9-12,15-17H2,1-2H3. The number of nitro groups is 1. The van der Waals surface area contributed by atoms with Gasteiger partial charge in [0.2, 0.25) is 5.78 Å². The summed E-state index contributed by atoms with van der Waals surface area (Å²) in [5.41, 5.74) is 2.34. The number of non-ortho nitro benzene ring substituents is 1. The number of esters is 1. The van der Waals surface area contributed by atoms with Crippen molar-refractivity contribution in [1.29, 1.82) is 0 Å². The maximum Gasteiger partial charge on any atom is 0.340 e. The number of carbonyl (C=O) groups excluding carboxylic acids is 2. The average Bonchev–Trinajstić information content (AvgIpc) is 3.24. The van der Waals surface area contributed by atoms with E-state index in [1.807, 2.05) is 47.6 Å². The molecule has 11 heteroatoms. The van der Waals surface area contributed by atoms with E-state index in [1.54, 1.807) is 6.07 Å². The molecule has 0 amide bonds. The summed E-state index contributed by atoms with van der Waals surface area (Å²) < 4.78 is 24.6. The minimum absolute atomic E-state index is 0.0408. The predicted octanol–water partition coefficient (Wildman–Crippen LogP) is 3.73. The summed E-state index contributed by atoms with van der Waals surface area (Å²) in [6.07, 6.45) is -0.238. The number of ketones is 1. The quantitative estimate of drug-likeness (QED) is 0.184. The topological polar surface area (TPSA) is 122 Å². The number of ether oxygens (including phenoxy) is 4. The van der Waals surface area contributed by atoms with Crippen LogP contribution in [0.4, 0.5) is 11.4 Å². The van der Waals surface area contributed by atoms with Gasteiger partial charge in [-0.25, -0.2) is 4.79 Å². The Morgan fingerprint density at radius 2 is 1.79 bits per heavy atom. The molecule has 3 aromatic rings. The van der Waals surface area contributed by atoms with Gasteiger partial charge in [-0.05, 0) is 38.1 Å². The number of aryl methyl sites for hydroxylation is 1. The van der Waals surface area contributed by atoms with E-state index in [-0.39, 0.29) is 23.1 Å². The van der Waals surface area contributed by atoms with E-state index in [4.69, 9.17) is 18.9 Å². The number of para-hydroxylation sites is 2. The number of benzene rings is 2. The van der Waals surface area contributed by atoms with E-state index in [0.717, 1.165) is 11.4 Å². The van der Waals surface area contributed by atoms with Gasteiger partial charge in [0.05, 0.1) is 35.9 Å². The number of hydrogen-bond acceptors (Lipinski definition) is 9. The molecule has 1 fully saturated rings. The molecule has 1 atom stereocenters. The number of rotatable bonds is 8. The number of anilines is 1. The van der Waals surface area contributed by atoms with Crippen molar-refractivity contribution in [3.8, 4) is 11.5 Å². The minimum Gasteiger partial charge on any atom is -0.486 e. The van der Waals surface area contributed by atoms with Crippen LogP contribution in [-0.2, 0) is 16.0 Å². The molecule has 5 rings (SSSR count). The molecule has 0 aliphatic carbocycles. The Labute approximate surface area is 225 Å². The first-order valence-electron chi connectivity index (χ1n) is 12.7. The summed E-state index contributed by atoms with van der Waals surface area (Å²) in [5.74, 6) is 0.214. The zero-order valence-corrected chi connectivity index (χ0v) is 21.8. The normalized spacial score (nSPS) is 16.6. The van der Waals surface area contributed by atoms with Crippen LogP contribution in [0.25, 0.3) is 0 Å². The third-order valence-corrected chi connectivity index (χ3v) is 6.92. The Morgan fingerprint density at radius 3 is 2.54 bits per heavy atom. The van der Waals surface area contributed by atoms with Crippen LogP contribution in [-0.4, -0.2) is 66.9 Å². The van der Waals surface area contributed by atoms with Crippen LogP contribution in [0.15, 0.2) is 48.5 Å². The molecule has 3 heterocycles. The van der Waals surface area contributed by atoms with Crippen molar-refractivity contribution in [1.82, 2.24) is 4.57 Å². The molecule has 2 aliphatic heterocycles. The van der Waals surface area contributed by atoms with Crippen LogP contribution in [0.1, 0.15) is 32.1 Å². The first-order valence-corrected chi connectivity index (χ1v) is 12.7. The monoisotopic (exact) mass is 535 g/mol. The Hall–Kier alpha value is -4.38. The fourth-order valence-electron chi connectivity index (χ4n) is 4.89. The fourth-order valence-corrected chi connectivity index (χ4v) is 4.89. The second-order valence-electron chi connectivity index (χ2n) is 9.45. The van der Waals surface area contributed by atoms with Crippen molar-refractivity contribution in [3.63, 3.8) is 0 Å². The SMILES string of the molecule is Cc1cc(C(=O)COC(=O)c2cc([N+](=O)[O-])ccc2N2CCOCC2)c(C)n1CC1COc2ccccc2O1. The van der Waals surface area contributed by atoms with Gasteiger partial charge in [-0.1, -0.05) is 12.1 Å². The number of nitrogens with zero attached hydrogens (tertiary/aromatic N) is 3. The van der Waals surface area contributed by atoms with Crippen molar-refractivity contribution in [2.45, 2.75) is 26.5 Å². The molecular formula is C28H29N3O8. The Balaban J connectivity index is 1.28. The maximum absolute atomic E-state index is 13.1. The molecule has 1 aromatic heterocycles. The molecule has 1 unspecified atom stereocenters. The number of fused-ring (bicyclic) bond motifs is 1. The van der Waals surface area contributed by atoms with Crippen molar-refractivity contribution in [2.75, 3.05) is 44.4 Å². The van der Waals surface area contributed by atoms with Crippen molar-refractivity contribution >= 4 is 23.1 Å². The Morgan fingerprint density at radius 1 is 1.05 bits per heavy atom. The van der Waals surface area contributed by atoms with E-state index in [1.165, 1.54) is 18.2 Å². The zero-order chi connectivity index (χ0) is 27.5. The summed E-state index contributed by atoms with van der Waals surface area (Å²) in [6, 6.07) is 13.3. The van der Waals surface area contributed by atoms with Gasteiger partial charge >= 0.3 is 5.97 Å². The highest BCUT2D eigenvalue weighted by Gasteiger charge is 2.26. The van der Waals surface area contributed by atoms with Gasteiger partial charge in [-0.15, -0.1) is 0 Å².